The van der Waals surface area contributed by atoms with Crippen LogP contribution in [0.15, 0.2) is 78.9 Å². The van der Waals surface area contributed by atoms with Gasteiger partial charge in [0.15, 0.2) is 0 Å². The van der Waals surface area contributed by atoms with Crippen LogP contribution in [0.5, 0.6) is 5.75 Å². The highest BCUT2D eigenvalue weighted by molar-refractivity contribution is 5.91. The highest BCUT2D eigenvalue weighted by atomic mass is 19.1. The van der Waals surface area contributed by atoms with E-state index in [0.29, 0.717) is 22.4 Å². The van der Waals surface area contributed by atoms with E-state index in [9.17, 15) is 9.18 Å². The zero-order valence-electron chi connectivity index (χ0n) is 16.5. The van der Waals surface area contributed by atoms with Crippen molar-refractivity contribution in [3.8, 4) is 5.75 Å². The summed E-state index contributed by atoms with van der Waals surface area (Å²) in [6, 6.07) is 23.1. The van der Waals surface area contributed by atoms with Crippen LogP contribution in [0, 0.1) is 5.82 Å². The van der Waals surface area contributed by atoms with Crippen molar-refractivity contribution in [3.63, 3.8) is 0 Å². The summed E-state index contributed by atoms with van der Waals surface area (Å²) in [4.78, 5) is 16.9. The Balaban J connectivity index is 1.37. The zero-order valence-corrected chi connectivity index (χ0v) is 16.5. The number of carbonyl (C=O) groups excluding carboxylic acids is 1. The van der Waals surface area contributed by atoms with Crippen LogP contribution in [0.25, 0.3) is 10.9 Å². The Hall–Kier alpha value is -3.77. The Morgan fingerprint density at radius 2 is 1.84 bits per heavy atom. The predicted octanol–water partition coefficient (Wildman–Crippen LogP) is 5.34. The van der Waals surface area contributed by atoms with Gasteiger partial charge in [-0.15, -0.1) is 0 Å². The molecule has 0 unspecified atom stereocenters. The van der Waals surface area contributed by atoms with Gasteiger partial charge in [-0.2, -0.15) is 0 Å². The smallest absolute Gasteiger partial charge is 0.357 e. The molecule has 2 heterocycles. The van der Waals surface area contributed by atoms with Crippen molar-refractivity contribution in [1.29, 1.82) is 0 Å². The third-order valence-corrected chi connectivity index (χ3v) is 5.06. The van der Waals surface area contributed by atoms with Crippen LogP contribution in [0.3, 0.4) is 0 Å². The van der Waals surface area contributed by atoms with E-state index in [4.69, 9.17) is 14.2 Å². The van der Waals surface area contributed by atoms with Crippen molar-refractivity contribution in [1.82, 2.24) is 4.98 Å². The summed E-state index contributed by atoms with van der Waals surface area (Å²) < 4.78 is 31.3. The second-order valence-corrected chi connectivity index (χ2v) is 7.19. The summed E-state index contributed by atoms with van der Waals surface area (Å²) >= 11 is 0. The number of hydrogen-bond donors (Lipinski definition) is 0. The average Bonchev–Trinajstić information content (AvgIpc) is 2.82. The van der Waals surface area contributed by atoms with E-state index < -0.39 is 18.1 Å². The van der Waals surface area contributed by atoms with Crippen LogP contribution < -0.4 is 4.74 Å². The number of esters is 1. The first-order valence-corrected chi connectivity index (χ1v) is 9.85. The van der Waals surface area contributed by atoms with Gasteiger partial charge in [-0.25, -0.2) is 14.2 Å². The number of para-hydroxylation sites is 1. The fourth-order valence-electron chi connectivity index (χ4n) is 3.56. The minimum absolute atomic E-state index is 0.144. The van der Waals surface area contributed by atoms with Gasteiger partial charge in [-0.05, 0) is 24.3 Å². The molecule has 1 atom stereocenters. The Kier molecular flexibility index (Phi) is 5.06. The molecule has 3 aromatic carbocycles. The SMILES string of the molecule is O=C(OCc1cc(F)cc2c1O[C@H](c1ccccc1)OC2)c1ccc2ccccc2n1. The molecule has 4 aromatic rings. The van der Waals surface area contributed by atoms with E-state index in [1.165, 1.54) is 12.1 Å². The molecule has 5 rings (SSSR count). The molecule has 0 N–H and O–H groups in total. The van der Waals surface area contributed by atoms with Crippen LogP contribution in [0.4, 0.5) is 4.39 Å². The maximum Gasteiger partial charge on any atom is 0.357 e. The lowest BCUT2D eigenvalue weighted by Gasteiger charge is -2.28. The number of hydrogen-bond acceptors (Lipinski definition) is 5. The highest BCUT2D eigenvalue weighted by Crippen LogP contribution is 2.36. The van der Waals surface area contributed by atoms with Crippen LogP contribution in [-0.2, 0) is 22.7 Å². The first-order valence-electron chi connectivity index (χ1n) is 9.85. The van der Waals surface area contributed by atoms with Crippen molar-refractivity contribution in [2.45, 2.75) is 19.5 Å². The summed E-state index contributed by atoms with van der Waals surface area (Å²) in [5, 5.41) is 0.929. The van der Waals surface area contributed by atoms with Crippen LogP contribution in [-0.4, -0.2) is 11.0 Å². The topological polar surface area (TPSA) is 57.7 Å². The van der Waals surface area contributed by atoms with E-state index in [1.54, 1.807) is 6.07 Å². The second-order valence-electron chi connectivity index (χ2n) is 7.19. The van der Waals surface area contributed by atoms with Crippen molar-refractivity contribution in [3.05, 3.63) is 107 Å². The molecular weight excluding hydrogens is 397 g/mol. The third-order valence-electron chi connectivity index (χ3n) is 5.06. The van der Waals surface area contributed by atoms with E-state index in [-0.39, 0.29) is 18.9 Å². The standard InChI is InChI=1S/C25H18FNO4/c26-20-12-18(14-29-24(28)22-11-10-16-6-4-5-9-21(16)27-22)23-19(13-20)15-30-25(31-23)17-7-2-1-3-8-17/h1-13,25H,14-15H2/t25-/m1/s1. The summed E-state index contributed by atoms with van der Waals surface area (Å²) in [6.07, 6.45) is -0.615. The molecule has 5 nitrogen and oxygen atoms in total. The Labute approximate surface area is 178 Å². The predicted molar refractivity (Wildman–Crippen MR) is 112 cm³/mol. The molecule has 31 heavy (non-hydrogen) atoms. The van der Waals surface area contributed by atoms with E-state index in [1.807, 2.05) is 60.7 Å². The fraction of sp³-hybridized carbons (Fsp3) is 0.120. The minimum atomic E-state index is -0.615. The first-order chi connectivity index (χ1) is 15.2. The minimum Gasteiger partial charge on any atom is -0.460 e. The van der Waals surface area contributed by atoms with Crippen LogP contribution in [0.1, 0.15) is 33.5 Å². The number of pyridine rings is 1. The Bertz CT molecular complexity index is 1260. The number of rotatable bonds is 4. The summed E-state index contributed by atoms with van der Waals surface area (Å²) in [5.41, 5.74) is 2.75. The lowest BCUT2D eigenvalue weighted by Crippen LogP contribution is -2.20. The number of fused-ring (bicyclic) bond motifs is 2. The summed E-state index contributed by atoms with van der Waals surface area (Å²) in [6.45, 7) is 0.0504. The maximum atomic E-state index is 14.1. The Morgan fingerprint density at radius 3 is 2.71 bits per heavy atom. The highest BCUT2D eigenvalue weighted by Gasteiger charge is 2.25. The third kappa shape index (κ3) is 3.98. The molecular formula is C25H18FNO4. The van der Waals surface area contributed by atoms with Crippen molar-refractivity contribution >= 4 is 16.9 Å². The van der Waals surface area contributed by atoms with Gasteiger partial charge in [-0.1, -0.05) is 54.6 Å². The Morgan fingerprint density at radius 1 is 1.03 bits per heavy atom. The maximum absolute atomic E-state index is 14.1. The fourth-order valence-corrected chi connectivity index (χ4v) is 3.56. The number of aromatic nitrogens is 1. The molecule has 0 spiro atoms. The first kappa shape index (κ1) is 19.2. The molecule has 0 saturated carbocycles. The number of benzene rings is 3. The van der Waals surface area contributed by atoms with Gasteiger partial charge in [0.1, 0.15) is 23.9 Å². The molecule has 0 fully saturated rings. The average molecular weight is 415 g/mol. The molecule has 0 saturated heterocycles. The quantitative estimate of drug-likeness (QED) is 0.421. The molecule has 154 valence electrons. The molecule has 0 aliphatic carbocycles. The van der Waals surface area contributed by atoms with E-state index in [2.05, 4.69) is 4.98 Å². The van der Waals surface area contributed by atoms with Gasteiger partial charge < -0.3 is 14.2 Å². The molecule has 0 bridgehead atoms. The zero-order chi connectivity index (χ0) is 21.2. The lowest BCUT2D eigenvalue weighted by atomic mass is 10.1. The number of nitrogens with zero attached hydrogens (tertiary/aromatic N) is 1. The van der Waals surface area contributed by atoms with Gasteiger partial charge in [0.25, 0.3) is 0 Å². The molecule has 0 radical (unpaired) electrons. The van der Waals surface area contributed by atoms with Gasteiger partial charge in [0, 0.05) is 22.1 Å². The molecule has 6 heteroatoms. The molecule has 0 amide bonds. The monoisotopic (exact) mass is 415 g/mol. The van der Waals surface area contributed by atoms with Crippen molar-refractivity contribution in [2.24, 2.45) is 0 Å². The summed E-state index contributed by atoms with van der Waals surface area (Å²) in [7, 11) is 0. The molecule has 1 aliphatic rings. The number of ether oxygens (including phenoxy) is 3. The lowest BCUT2D eigenvalue weighted by molar-refractivity contribution is -0.112. The molecule has 1 aromatic heterocycles. The van der Waals surface area contributed by atoms with Crippen molar-refractivity contribution < 1.29 is 23.4 Å². The normalized spacial score (nSPS) is 15.2. The van der Waals surface area contributed by atoms with E-state index >= 15 is 0 Å². The van der Waals surface area contributed by atoms with Gasteiger partial charge in [-0.3, -0.25) is 0 Å². The van der Waals surface area contributed by atoms with Gasteiger partial charge in [0.05, 0.1) is 12.1 Å². The van der Waals surface area contributed by atoms with Crippen molar-refractivity contribution in [2.75, 3.05) is 0 Å². The van der Waals surface area contributed by atoms with Gasteiger partial charge in [0.2, 0.25) is 6.29 Å². The van der Waals surface area contributed by atoms with Crippen LogP contribution in [0.2, 0.25) is 0 Å². The number of carbonyl (C=O) groups is 1. The van der Waals surface area contributed by atoms with Crippen LogP contribution >= 0.6 is 0 Å². The molecule has 1 aliphatic heterocycles. The number of halogens is 1. The van der Waals surface area contributed by atoms with Gasteiger partial charge >= 0.3 is 5.97 Å². The second kappa shape index (κ2) is 8.16. The van der Waals surface area contributed by atoms with E-state index in [0.717, 1.165) is 10.9 Å². The largest absolute Gasteiger partial charge is 0.460 e. The summed E-state index contributed by atoms with van der Waals surface area (Å²) in [5.74, 6) is -0.560.